The van der Waals surface area contributed by atoms with Crippen molar-refractivity contribution < 1.29 is 29.0 Å². The monoisotopic (exact) mass is 335 g/mol. The maximum absolute atomic E-state index is 11.9. The van der Waals surface area contributed by atoms with Gasteiger partial charge < -0.3 is 19.9 Å². The van der Waals surface area contributed by atoms with Gasteiger partial charge in [0.15, 0.2) is 11.5 Å². The van der Waals surface area contributed by atoms with Crippen LogP contribution in [0.15, 0.2) is 18.2 Å². The van der Waals surface area contributed by atoms with Gasteiger partial charge in [0.1, 0.15) is 6.04 Å². The van der Waals surface area contributed by atoms with Crippen molar-refractivity contribution in [3.8, 4) is 11.5 Å². The number of anilines is 1. The molecule has 1 fully saturated rings. The van der Waals surface area contributed by atoms with Crippen LogP contribution in [0.25, 0.3) is 0 Å². The van der Waals surface area contributed by atoms with Crippen LogP contribution in [0.4, 0.5) is 10.5 Å². The molecule has 0 spiro atoms. The first kappa shape index (κ1) is 16.1. The number of benzene rings is 1. The fourth-order valence-electron chi connectivity index (χ4n) is 2.78. The molecule has 2 aliphatic heterocycles. The maximum Gasteiger partial charge on any atom is 0.325 e. The summed E-state index contributed by atoms with van der Waals surface area (Å²) in [6.45, 7) is 0.518. The van der Waals surface area contributed by atoms with E-state index in [4.69, 9.17) is 14.6 Å². The van der Waals surface area contributed by atoms with Crippen LogP contribution in [0.3, 0.4) is 0 Å². The second kappa shape index (κ2) is 6.75. The van der Waals surface area contributed by atoms with Gasteiger partial charge in [-0.1, -0.05) is 0 Å². The third-order valence-corrected chi connectivity index (χ3v) is 3.88. The number of nitrogens with one attached hydrogen (secondary N) is 2. The predicted octanol–water partition coefficient (Wildman–Crippen LogP) is 0.612. The van der Waals surface area contributed by atoms with Crippen molar-refractivity contribution in [2.45, 2.75) is 18.9 Å². The van der Waals surface area contributed by atoms with Crippen molar-refractivity contribution in [3.05, 3.63) is 18.2 Å². The Balaban J connectivity index is 1.51. The summed E-state index contributed by atoms with van der Waals surface area (Å²) in [7, 11) is 0. The zero-order chi connectivity index (χ0) is 17.1. The van der Waals surface area contributed by atoms with Crippen LogP contribution < -0.4 is 20.1 Å². The Hall–Kier alpha value is -2.81. The highest BCUT2D eigenvalue weighted by Crippen LogP contribution is 2.34. The predicted molar refractivity (Wildman–Crippen MR) is 82.0 cm³/mol. The summed E-state index contributed by atoms with van der Waals surface area (Å²) in [5.74, 6) is -0.405. The number of carboxylic acid groups (broad SMARTS) is 1. The summed E-state index contributed by atoms with van der Waals surface area (Å²) in [6.07, 6.45) is 1.22. The van der Waals surface area contributed by atoms with Crippen LogP contribution in [0.1, 0.15) is 12.8 Å². The SMILES string of the molecule is O=C(CN1CCC[C@H]1C(=O)O)NC(=O)Nc1ccc2c(c1)OCO2. The summed E-state index contributed by atoms with van der Waals surface area (Å²) < 4.78 is 10.4. The molecule has 9 heteroatoms. The Labute approximate surface area is 137 Å². The fourth-order valence-corrected chi connectivity index (χ4v) is 2.78. The molecular weight excluding hydrogens is 318 g/mol. The Kier molecular flexibility index (Phi) is 4.52. The summed E-state index contributed by atoms with van der Waals surface area (Å²) in [6, 6.07) is 3.51. The van der Waals surface area contributed by atoms with E-state index in [-0.39, 0.29) is 13.3 Å². The van der Waals surface area contributed by atoms with E-state index in [0.717, 1.165) is 0 Å². The average molecular weight is 335 g/mol. The second-order valence-corrected chi connectivity index (χ2v) is 5.54. The minimum absolute atomic E-state index is 0.129. The maximum atomic E-state index is 11.9. The average Bonchev–Trinajstić information content (AvgIpc) is 3.14. The molecule has 2 aliphatic rings. The molecule has 1 aromatic rings. The number of hydrogen-bond acceptors (Lipinski definition) is 6. The number of amides is 3. The van der Waals surface area contributed by atoms with E-state index >= 15 is 0 Å². The highest BCUT2D eigenvalue weighted by Gasteiger charge is 2.31. The van der Waals surface area contributed by atoms with E-state index in [9.17, 15) is 14.4 Å². The van der Waals surface area contributed by atoms with E-state index < -0.39 is 23.9 Å². The molecule has 3 amide bonds. The number of imide groups is 1. The summed E-state index contributed by atoms with van der Waals surface area (Å²) in [5.41, 5.74) is 0.453. The number of rotatable bonds is 4. The van der Waals surface area contributed by atoms with Crippen LogP contribution in [-0.2, 0) is 9.59 Å². The zero-order valence-corrected chi connectivity index (χ0v) is 12.8. The largest absolute Gasteiger partial charge is 0.480 e. The van der Waals surface area contributed by atoms with Gasteiger partial charge in [-0.15, -0.1) is 0 Å². The molecule has 0 radical (unpaired) electrons. The first-order chi connectivity index (χ1) is 11.5. The summed E-state index contributed by atoms with van der Waals surface area (Å²) in [4.78, 5) is 36.4. The van der Waals surface area contributed by atoms with Gasteiger partial charge in [-0.3, -0.25) is 19.8 Å². The lowest BCUT2D eigenvalue weighted by atomic mass is 10.2. The van der Waals surface area contributed by atoms with Gasteiger partial charge in [0.05, 0.1) is 6.54 Å². The molecule has 2 heterocycles. The Morgan fingerprint density at radius 3 is 2.83 bits per heavy atom. The first-order valence-corrected chi connectivity index (χ1v) is 7.50. The molecule has 0 bridgehead atoms. The van der Waals surface area contributed by atoms with Crippen molar-refractivity contribution in [1.29, 1.82) is 0 Å². The van der Waals surface area contributed by atoms with Gasteiger partial charge in [0.2, 0.25) is 12.7 Å². The van der Waals surface area contributed by atoms with Crippen molar-refractivity contribution in [2.24, 2.45) is 0 Å². The minimum atomic E-state index is -0.954. The van der Waals surface area contributed by atoms with Crippen LogP contribution in [-0.4, -0.2) is 53.8 Å². The minimum Gasteiger partial charge on any atom is -0.480 e. The first-order valence-electron chi connectivity index (χ1n) is 7.50. The fraction of sp³-hybridized carbons (Fsp3) is 0.400. The van der Waals surface area contributed by atoms with E-state index in [2.05, 4.69) is 10.6 Å². The molecule has 24 heavy (non-hydrogen) atoms. The number of fused-ring (bicyclic) bond motifs is 1. The quantitative estimate of drug-likeness (QED) is 0.738. The van der Waals surface area contributed by atoms with Crippen molar-refractivity contribution in [2.75, 3.05) is 25.2 Å². The third kappa shape index (κ3) is 3.57. The van der Waals surface area contributed by atoms with Crippen LogP contribution >= 0.6 is 0 Å². The normalized spacial score (nSPS) is 19.1. The molecule has 128 valence electrons. The summed E-state index contributed by atoms with van der Waals surface area (Å²) in [5, 5.41) is 13.8. The molecule has 3 N–H and O–H groups in total. The van der Waals surface area contributed by atoms with Crippen LogP contribution in [0.2, 0.25) is 0 Å². The smallest absolute Gasteiger partial charge is 0.325 e. The van der Waals surface area contributed by atoms with Gasteiger partial charge >= 0.3 is 12.0 Å². The van der Waals surface area contributed by atoms with Gasteiger partial charge in [-0.05, 0) is 31.5 Å². The van der Waals surface area contributed by atoms with E-state index in [1.165, 1.54) is 0 Å². The molecular formula is C15H17N3O6. The second-order valence-electron chi connectivity index (χ2n) is 5.54. The lowest BCUT2D eigenvalue weighted by Crippen LogP contribution is -2.45. The van der Waals surface area contributed by atoms with Gasteiger partial charge in [0, 0.05) is 11.8 Å². The molecule has 0 unspecified atom stereocenters. The molecule has 1 saturated heterocycles. The molecule has 0 saturated carbocycles. The van der Waals surface area contributed by atoms with Crippen molar-refractivity contribution in [3.63, 3.8) is 0 Å². The molecule has 9 nitrogen and oxygen atoms in total. The molecule has 0 aromatic heterocycles. The number of urea groups is 1. The molecule has 1 atom stereocenters. The number of nitrogens with zero attached hydrogens (tertiary/aromatic N) is 1. The lowest BCUT2D eigenvalue weighted by molar-refractivity contribution is -0.142. The van der Waals surface area contributed by atoms with Crippen molar-refractivity contribution >= 4 is 23.6 Å². The third-order valence-electron chi connectivity index (χ3n) is 3.88. The topological polar surface area (TPSA) is 117 Å². The van der Waals surface area contributed by atoms with Gasteiger partial charge in [-0.2, -0.15) is 0 Å². The van der Waals surface area contributed by atoms with E-state index in [0.29, 0.717) is 36.6 Å². The van der Waals surface area contributed by atoms with Crippen LogP contribution in [0.5, 0.6) is 11.5 Å². The van der Waals surface area contributed by atoms with Gasteiger partial charge in [-0.25, -0.2) is 4.79 Å². The number of carboxylic acids is 1. The highest BCUT2D eigenvalue weighted by atomic mass is 16.7. The number of carbonyl (C=O) groups is 3. The van der Waals surface area contributed by atoms with E-state index in [1.807, 2.05) is 0 Å². The zero-order valence-electron chi connectivity index (χ0n) is 12.8. The Morgan fingerprint density at radius 1 is 1.25 bits per heavy atom. The Bertz CT molecular complexity index is 677. The Morgan fingerprint density at radius 2 is 2.04 bits per heavy atom. The number of likely N-dealkylation sites (tertiary alicyclic amines) is 1. The number of ether oxygens (including phenoxy) is 2. The number of aliphatic carboxylic acids is 1. The number of carbonyl (C=O) groups excluding carboxylic acids is 2. The van der Waals surface area contributed by atoms with Crippen LogP contribution in [0, 0.1) is 0 Å². The number of hydrogen-bond donors (Lipinski definition) is 3. The highest BCUT2D eigenvalue weighted by molar-refractivity contribution is 6.02. The standard InChI is InChI=1S/C15H17N3O6/c19-13(7-18-5-1-2-10(18)14(20)21)17-15(22)16-9-3-4-11-12(6-9)24-8-23-11/h3-4,6,10H,1-2,5,7-8H2,(H,20,21)(H2,16,17,19,22)/t10-/m0/s1. The summed E-state index contributed by atoms with van der Waals surface area (Å²) >= 11 is 0. The molecule has 3 rings (SSSR count). The van der Waals surface area contributed by atoms with Gasteiger partial charge in [0.25, 0.3) is 0 Å². The van der Waals surface area contributed by atoms with Crippen molar-refractivity contribution in [1.82, 2.24) is 10.2 Å². The lowest BCUT2D eigenvalue weighted by Gasteiger charge is -2.19. The van der Waals surface area contributed by atoms with E-state index in [1.54, 1.807) is 23.1 Å². The molecule has 0 aliphatic carbocycles. The molecule has 1 aromatic carbocycles.